The first kappa shape index (κ1) is 34.6. The van der Waals surface area contributed by atoms with E-state index in [1.54, 1.807) is 7.11 Å². The Balaban J connectivity index is 2.66. The van der Waals surface area contributed by atoms with Crippen molar-refractivity contribution in [3.05, 3.63) is 35.9 Å². The van der Waals surface area contributed by atoms with E-state index in [2.05, 4.69) is 46.8 Å². The van der Waals surface area contributed by atoms with Crippen LogP contribution in [0.2, 0.25) is 0 Å². The van der Waals surface area contributed by atoms with E-state index in [0.29, 0.717) is 50.1 Å². The highest BCUT2D eigenvalue weighted by Crippen LogP contribution is 2.31. The zero-order valence-electron chi connectivity index (χ0n) is 25.7. The van der Waals surface area contributed by atoms with Gasteiger partial charge in [-0.25, -0.2) is 0 Å². The number of carbonyl (C=O) groups excluding carboxylic acids is 1. The minimum absolute atomic E-state index is 0.0942. The molecular formula is C32H56O6. The van der Waals surface area contributed by atoms with Gasteiger partial charge in [0, 0.05) is 20.1 Å². The van der Waals surface area contributed by atoms with Crippen LogP contribution >= 0.6 is 0 Å². The van der Waals surface area contributed by atoms with Gasteiger partial charge >= 0.3 is 5.97 Å². The molecule has 0 aliphatic heterocycles. The highest BCUT2D eigenvalue weighted by Gasteiger charge is 2.28. The monoisotopic (exact) mass is 536 g/mol. The third kappa shape index (κ3) is 16.5. The van der Waals surface area contributed by atoms with Crippen LogP contribution in [0.4, 0.5) is 0 Å². The second-order valence-electron chi connectivity index (χ2n) is 12.5. The van der Waals surface area contributed by atoms with Crippen molar-refractivity contribution in [1.29, 1.82) is 0 Å². The number of ether oxygens (including phenoxy) is 5. The summed E-state index contributed by atoms with van der Waals surface area (Å²) >= 11 is 0. The number of hydrogen-bond donors (Lipinski definition) is 0. The lowest BCUT2D eigenvalue weighted by molar-refractivity contribution is -0.156. The molecule has 6 nitrogen and oxygen atoms in total. The van der Waals surface area contributed by atoms with E-state index in [1.807, 2.05) is 39.0 Å². The Labute approximate surface area is 233 Å². The Morgan fingerprint density at radius 3 is 2.05 bits per heavy atom. The van der Waals surface area contributed by atoms with E-state index in [-0.39, 0.29) is 24.8 Å². The van der Waals surface area contributed by atoms with Crippen LogP contribution in [0.5, 0.6) is 0 Å². The smallest absolute Gasteiger partial charge is 0.306 e. The zero-order chi connectivity index (χ0) is 28.6. The summed E-state index contributed by atoms with van der Waals surface area (Å²) in [5, 5.41) is 0. The van der Waals surface area contributed by atoms with Crippen LogP contribution in [0.1, 0.15) is 93.1 Å². The number of carbonyl (C=O) groups is 1. The lowest BCUT2D eigenvalue weighted by Gasteiger charge is -2.33. The van der Waals surface area contributed by atoms with Crippen LogP contribution in [0.25, 0.3) is 0 Å². The molecule has 38 heavy (non-hydrogen) atoms. The molecule has 0 spiro atoms. The van der Waals surface area contributed by atoms with Gasteiger partial charge in [0.1, 0.15) is 19.2 Å². The average molecular weight is 537 g/mol. The van der Waals surface area contributed by atoms with Crippen molar-refractivity contribution in [2.45, 2.75) is 106 Å². The molecule has 1 aromatic carbocycles. The van der Waals surface area contributed by atoms with Crippen molar-refractivity contribution in [1.82, 2.24) is 0 Å². The van der Waals surface area contributed by atoms with E-state index < -0.39 is 5.60 Å². The highest BCUT2D eigenvalue weighted by atomic mass is 16.7. The van der Waals surface area contributed by atoms with Crippen molar-refractivity contribution < 1.29 is 28.5 Å². The van der Waals surface area contributed by atoms with Crippen molar-refractivity contribution in [2.24, 2.45) is 29.6 Å². The second-order valence-corrected chi connectivity index (χ2v) is 12.5. The minimum atomic E-state index is -0.437. The van der Waals surface area contributed by atoms with Gasteiger partial charge in [-0.1, -0.05) is 65.0 Å². The summed E-state index contributed by atoms with van der Waals surface area (Å²) < 4.78 is 28.3. The van der Waals surface area contributed by atoms with E-state index in [0.717, 1.165) is 31.2 Å². The Hall–Kier alpha value is -1.47. The third-order valence-electron chi connectivity index (χ3n) is 6.82. The zero-order valence-corrected chi connectivity index (χ0v) is 25.7. The van der Waals surface area contributed by atoms with E-state index in [1.165, 1.54) is 0 Å². The Kier molecular flexibility index (Phi) is 17.1. The molecule has 0 aliphatic rings. The van der Waals surface area contributed by atoms with E-state index in [9.17, 15) is 4.79 Å². The quantitative estimate of drug-likeness (QED) is 0.0969. The molecule has 0 heterocycles. The molecule has 1 aromatic rings. The Morgan fingerprint density at radius 2 is 1.45 bits per heavy atom. The number of rotatable bonds is 20. The SMILES string of the molecule is COCOCC[C@@H](C)C[C@H](C)[C@H](OCOCc1ccccc1)[C@H](C)C[C@H](C)C[C@H](C)CC(=O)OC(C)(C)C. The molecule has 0 radical (unpaired) electrons. The molecule has 1 rings (SSSR count). The van der Waals surface area contributed by atoms with Gasteiger partial charge in [-0.2, -0.15) is 0 Å². The molecule has 0 saturated heterocycles. The molecule has 0 unspecified atom stereocenters. The van der Waals surface area contributed by atoms with E-state index in [4.69, 9.17) is 23.7 Å². The molecular weight excluding hydrogens is 480 g/mol. The summed E-state index contributed by atoms with van der Waals surface area (Å²) in [7, 11) is 1.65. The van der Waals surface area contributed by atoms with Gasteiger partial charge in [0.05, 0.1) is 12.7 Å². The summed E-state index contributed by atoms with van der Waals surface area (Å²) in [5.74, 6) is 1.92. The number of benzene rings is 1. The van der Waals surface area contributed by atoms with Crippen LogP contribution in [-0.2, 0) is 35.1 Å². The topological polar surface area (TPSA) is 63.2 Å². The maximum atomic E-state index is 12.3. The molecule has 0 bridgehead atoms. The predicted molar refractivity (Wildman–Crippen MR) is 154 cm³/mol. The minimum Gasteiger partial charge on any atom is -0.460 e. The first-order chi connectivity index (χ1) is 17.9. The van der Waals surface area contributed by atoms with Gasteiger partial charge < -0.3 is 23.7 Å². The Bertz CT molecular complexity index is 731. The van der Waals surface area contributed by atoms with Gasteiger partial charge in [0.25, 0.3) is 0 Å². The van der Waals surface area contributed by atoms with Gasteiger partial charge in [-0.05, 0) is 81.6 Å². The predicted octanol–water partition coefficient (Wildman–Crippen LogP) is 7.64. The van der Waals surface area contributed by atoms with Crippen molar-refractivity contribution in [2.75, 3.05) is 27.3 Å². The second kappa shape index (κ2) is 18.8. The normalized spacial score (nSPS) is 16.9. The molecule has 6 heteroatoms. The van der Waals surface area contributed by atoms with E-state index >= 15 is 0 Å². The van der Waals surface area contributed by atoms with Gasteiger partial charge in [0.15, 0.2) is 0 Å². The molecule has 0 amide bonds. The van der Waals surface area contributed by atoms with Crippen LogP contribution in [0.15, 0.2) is 30.3 Å². The number of hydrogen-bond acceptors (Lipinski definition) is 6. The lowest BCUT2D eigenvalue weighted by atomic mass is 9.80. The standard InChI is InChI=1S/C32H56O6/c1-24(15-16-35-22-34-9)18-27(4)31(37-23-36-21-29-13-11-10-12-14-29)28(5)19-25(2)17-26(3)20-30(33)38-32(6,7)8/h10-14,24-28,31H,15-23H2,1-9H3/t24-,25-,26+,27+,28-,31+/m1/s1. The fraction of sp³-hybridized carbons (Fsp3) is 0.781. The first-order valence-electron chi connectivity index (χ1n) is 14.4. The van der Waals surface area contributed by atoms with Crippen LogP contribution in [0, 0.1) is 29.6 Å². The van der Waals surface area contributed by atoms with Crippen molar-refractivity contribution in [3.63, 3.8) is 0 Å². The molecule has 6 atom stereocenters. The van der Waals surface area contributed by atoms with Crippen molar-refractivity contribution in [3.8, 4) is 0 Å². The number of esters is 1. The van der Waals surface area contributed by atoms with Crippen LogP contribution in [0.3, 0.4) is 0 Å². The van der Waals surface area contributed by atoms with Crippen LogP contribution < -0.4 is 0 Å². The largest absolute Gasteiger partial charge is 0.460 e. The molecule has 0 aliphatic carbocycles. The first-order valence-corrected chi connectivity index (χ1v) is 14.4. The average Bonchev–Trinajstić information content (AvgIpc) is 2.80. The summed E-state index contributed by atoms with van der Waals surface area (Å²) in [6, 6.07) is 10.2. The molecule has 0 fully saturated rings. The summed E-state index contributed by atoms with van der Waals surface area (Å²) in [4.78, 5) is 12.3. The highest BCUT2D eigenvalue weighted by molar-refractivity contribution is 5.70. The van der Waals surface area contributed by atoms with Crippen molar-refractivity contribution >= 4 is 5.97 Å². The fourth-order valence-corrected chi connectivity index (χ4v) is 5.37. The third-order valence-corrected chi connectivity index (χ3v) is 6.82. The molecule has 220 valence electrons. The van der Waals surface area contributed by atoms with Crippen LogP contribution in [-0.4, -0.2) is 45.0 Å². The molecule has 0 saturated carbocycles. The maximum absolute atomic E-state index is 12.3. The lowest BCUT2D eigenvalue weighted by Crippen LogP contribution is -2.32. The molecule has 0 aromatic heterocycles. The summed E-state index contributed by atoms with van der Waals surface area (Å²) in [6.07, 6.45) is 4.64. The van der Waals surface area contributed by atoms with Gasteiger partial charge in [-0.3, -0.25) is 4.79 Å². The maximum Gasteiger partial charge on any atom is 0.306 e. The molecule has 0 N–H and O–H groups in total. The van der Waals surface area contributed by atoms with Gasteiger partial charge in [0.2, 0.25) is 0 Å². The summed E-state index contributed by atoms with van der Waals surface area (Å²) in [6.45, 7) is 18.9. The van der Waals surface area contributed by atoms with Gasteiger partial charge in [-0.15, -0.1) is 0 Å². The Morgan fingerprint density at radius 1 is 0.816 bits per heavy atom. The summed E-state index contributed by atoms with van der Waals surface area (Å²) in [5.41, 5.74) is 0.707. The number of methoxy groups -OCH3 is 1. The fourth-order valence-electron chi connectivity index (χ4n) is 5.37.